The number of azo groups is 1. The summed E-state index contributed by atoms with van der Waals surface area (Å²) >= 11 is 0. The molecule has 0 aliphatic carbocycles. The summed E-state index contributed by atoms with van der Waals surface area (Å²) in [4.78, 5) is 8.36. The number of phenols is 2. The molecule has 0 spiro atoms. The highest BCUT2D eigenvalue weighted by atomic mass is 32.2. The molecule has 3 aromatic carbocycles. The maximum Gasteiger partial charge on any atom is 0.298 e. The second-order valence-electron chi connectivity index (χ2n) is 6.04. The Morgan fingerprint density at radius 2 is 1.55 bits per heavy atom. The molecule has 31 heavy (non-hydrogen) atoms. The van der Waals surface area contributed by atoms with E-state index in [1.165, 1.54) is 0 Å². The molecule has 3 aromatic rings. The lowest BCUT2D eigenvalue weighted by molar-refractivity contribution is -0.384. The van der Waals surface area contributed by atoms with Gasteiger partial charge in [-0.1, -0.05) is 6.07 Å². The zero-order valence-electron chi connectivity index (χ0n) is 14.9. The molecule has 0 radical (unpaired) electrons. The van der Waals surface area contributed by atoms with Crippen LogP contribution < -0.4 is 0 Å². The molecule has 0 atom stereocenters. The number of nitrogens with zero attached hydrogens (tertiary/aromatic N) is 3. The van der Waals surface area contributed by atoms with Crippen molar-refractivity contribution < 1.29 is 41.1 Å². The first-order valence-corrected chi connectivity index (χ1v) is 10.8. The maximum atomic E-state index is 11.6. The Kier molecular flexibility index (Phi) is 5.36. The lowest BCUT2D eigenvalue weighted by Gasteiger charge is -2.09. The zero-order valence-corrected chi connectivity index (χ0v) is 16.6. The average molecular weight is 469 g/mol. The summed E-state index contributed by atoms with van der Waals surface area (Å²) in [6.07, 6.45) is 0. The molecule has 0 aliphatic heterocycles. The van der Waals surface area contributed by atoms with E-state index in [2.05, 4.69) is 10.2 Å². The fourth-order valence-electron chi connectivity index (χ4n) is 2.60. The van der Waals surface area contributed by atoms with E-state index in [4.69, 9.17) is 0 Å². The fourth-order valence-corrected chi connectivity index (χ4v) is 3.73. The minimum Gasteiger partial charge on any atom is -0.505 e. The number of phenolic OH excluding ortho intramolecular Hbond substituents is 2. The summed E-state index contributed by atoms with van der Waals surface area (Å²) in [5, 5.41) is 38.0. The van der Waals surface area contributed by atoms with Gasteiger partial charge in [-0.25, -0.2) is 0 Å². The molecule has 0 aromatic heterocycles. The number of rotatable bonds is 5. The normalized spacial score (nSPS) is 12.5. The molecule has 0 unspecified atom stereocenters. The van der Waals surface area contributed by atoms with Gasteiger partial charge in [-0.2, -0.15) is 16.8 Å². The molecular weight excluding hydrogens is 458 g/mol. The van der Waals surface area contributed by atoms with E-state index in [0.29, 0.717) is 0 Å². The predicted octanol–water partition coefficient (Wildman–Crippen LogP) is 3.07. The first-order chi connectivity index (χ1) is 14.3. The third-order valence-electron chi connectivity index (χ3n) is 4.03. The van der Waals surface area contributed by atoms with Gasteiger partial charge in [0.05, 0.1) is 15.9 Å². The van der Waals surface area contributed by atoms with Crippen LogP contribution in [0.3, 0.4) is 0 Å². The molecule has 162 valence electrons. The van der Waals surface area contributed by atoms with Gasteiger partial charge in [0.2, 0.25) is 0 Å². The van der Waals surface area contributed by atoms with Gasteiger partial charge in [0.25, 0.3) is 25.9 Å². The zero-order chi connectivity index (χ0) is 23.1. The van der Waals surface area contributed by atoms with Crippen LogP contribution in [0.2, 0.25) is 0 Å². The van der Waals surface area contributed by atoms with Crippen molar-refractivity contribution in [3.05, 3.63) is 52.6 Å². The van der Waals surface area contributed by atoms with Crippen LogP contribution in [0.15, 0.2) is 62.5 Å². The van der Waals surface area contributed by atoms with Crippen LogP contribution in [0.25, 0.3) is 10.8 Å². The van der Waals surface area contributed by atoms with Gasteiger partial charge >= 0.3 is 0 Å². The summed E-state index contributed by atoms with van der Waals surface area (Å²) in [7, 11) is -9.64. The van der Waals surface area contributed by atoms with E-state index in [0.717, 1.165) is 42.5 Å². The second-order valence-corrected chi connectivity index (χ2v) is 8.85. The summed E-state index contributed by atoms with van der Waals surface area (Å²) in [5.41, 5.74) is -1.23. The number of benzene rings is 3. The van der Waals surface area contributed by atoms with Crippen molar-refractivity contribution in [1.29, 1.82) is 0 Å². The molecule has 3 rings (SSSR count). The lowest BCUT2D eigenvalue weighted by atomic mass is 10.1. The van der Waals surface area contributed by atoms with Crippen LogP contribution in [0.5, 0.6) is 11.5 Å². The summed E-state index contributed by atoms with van der Waals surface area (Å²) in [5.74, 6) is -1.67. The topological polar surface area (TPSA) is 217 Å². The standard InChI is InChI=1S/C16H11N3O10S2/c20-13-7-9(19(22)23)1-4-12(13)17-18-15-11-3-2-10(30(24,25)26)5-8(11)6-14(16(15)21)31(27,28)29/h1-7,20-21H,(H,24,25,26)(H,27,28,29). The fraction of sp³-hybridized carbons (Fsp3) is 0. The van der Waals surface area contributed by atoms with Crippen molar-refractivity contribution in [2.75, 3.05) is 0 Å². The Labute approximate surface area is 173 Å². The molecule has 13 nitrogen and oxygen atoms in total. The summed E-state index contributed by atoms with van der Waals surface area (Å²) in [6.45, 7) is 0. The number of hydrogen-bond acceptors (Lipinski definition) is 10. The van der Waals surface area contributed by atoms with Crippen molar-refractivity contribution in [3.8, 4) is 11.5 Å². The minimum atomic E-state index is -4.99. The van der Waals surface area contributed by atoms with Crippen molar-refractivity contribution in [2.24, 2.45) is 10.2 Å². The van der Waals surface area contributed by atoms with E-state index in [1.807, 2.05) is 0 Å². The number of fused-ring (bicyclic) bond motifs is 1. The Balaban J connectivity index is 2.26. The molecule has 4 N–H and O–H groups in total. The first kappa shape index (κ1) is 22.0. The molecule has 15 heteroatoms. The van der Waals surface area contributed by atoms with Gasteiger partial charge in [0, 0.05) is 11.5 Å². The molecule has 0 fully saturated rings. The Bertz CT molecular complexity index is 1480. The average Bonchev–Trinajstić information content (AvgIpc) is 2.65. The number of hydrogen-bond donors (Lipinski definition) is 4. The third kappa shape index (κ3) is 4.43. The summed E-state index contributed by atoms with van der Waals surface area (Å²) < 4.78 is 64.5. The van der Waals surface area contributed by atoms with Crippen molar-refractivity contribution in [1.82, 2.24) is 0 Å². The number of non-ortho nitro benzene ring substituents is 1. The lowest BCUT2D eigenvalue weighted by Crippen LogP contribution is -2.00. The van der Waals surface area contributed by atoms with E-state index in [9.17, 15) is 46.3 Å². The molecule has 0 aliphatic rings. The monoisotopic (exact) mass is 469 g/mol. The van der Waals surface area contributed by atoms with Crippen LogP contribution in [0.4, 0.5) is 17.1 Å². The highest BCUT2D eigenvalue weighted by Gasteiger charge is 2.23. The largest absolute Gasteiger partial charge is 0.505 e. The smallest absolute Gasteiger partial charge is 0.298 e. The van der Waals surface area contributed by atoms with Crippen molar-refractivity contribution in [3.63, 3.8) is 0 Å². The predicted molar refractivity (Wildman–Crippen MR) is 104 cm³/mol. The van der Waals surface area contributed by atoms with Gasteiger partial charge in [0.15, 0.2) is 5.75 Å². The maximum absolute atomic E-state index is 11.6. The van der Waals surface area contributed by atoms with Crippen LogP contribution in [0, 0.1) is 10.1 Å². The molecule has 0 bridgehead atoms. The molecule has 0 amide bonds. The minimum absolute atomic E-state index is 0.0255. The SMILES string of the molecule is O=[N+]([O-])c1ccc(N=Nc2c(O)c(S(=O)(=O)O)cc3cc(S(=O)(=O)O)ccc23)c(O)c1. The van der Waals surface area contributed by atoms with Crippen LogP contribution in [-0.4, -0.2) is 41.1 Å². The number of nitro groups is 1. The molecular formula is C16H11N3O10S2. The Morgan fingerprint density at radius 3 is 2.10 bits per heavy atom. The van der Waals surface area contributed by atoms with Crippen molar-refractivity contribution >= 4 is 48.1 Å². The van der Waals surface area contributed by atoms with Gasteiger partial charge in [-0.3, -0.25) is 19.2 Å². The van der Waals surface area contributed by atoms with E-state index in [-0.39, 0.29) is 16.5 Å². The van der Waals surface area contributed by atoms with E-state index >= 15 is 0 Å². The van der Waals surface area contributed by atoms with Gasteiger partial charge in [0.1, 0.15) is 22.0 Å². The van der Waals surface area contributed by atoms with Gasteiger partial charge in [-0.15, -0.1) is 10.2 Å². The van der Waals surface area contributed by atoms with Crippen molar-refractivity contribution in [2.45, 2.75) is 9.79 Å². The Morgan fingerprint density at radius 1 is 0.871 bits per heavy atom. The number of nitro benzene ring substituents is 1. The first-order valence-electron chi connectivity index (χ1n) is 7.93. The van der Waals surface area contributed by atoms with Gasteiger partial charge in [-0.05, 0) is 29.7 Å². The van der Waals surface area contributed by atoms with Gasteiger partial charge < -0.3 is 10.2 Å². The highest BCUT2D eigenvalue weighted by molar-refractivity contribution is 7.86. The quantitative estimate of drug-likeness (QED) is 0.185. The number of aromatic hydroxyl groups is 2. The second kappa shape index (κ2) is 7.55. The van der Waals surface area contributed by atoms with Crippen LogP contribution in [0.1, 0.15) is 0 Å². The molecule has 0 saturated carbocycles. The molecule has 0 heterocycles. The summed E-state index contributed by atoms with van der Waals surface area (Å²) in [6, 6.07) is 6.53. The highest BCUT2D eigenvalue weighted by Crippen LogP contribution is 2.42. The van der Waals surface area contributed by atoms with E-state index in [1.54, 1.807) is 0 Å². The Hall–Kier alpha value is -3.66. The van der Waals surface area contributed by atoms with Crippen LogP contribution >= 0.6 is 0 Å². The third-order valence-corrected chi connectivity index (χ3v) is 5.74. The molecule has 0 saturated heterocycles. The van der Waals surface area contributed by atoms with Crippen LogP contribution in [-0.2, 0) is 20.2 Å². The van der Waals surface area contributed by atoms with E-state index < -0.39 is 57.8 Å².